The molecule has 0 aliphatic carbocycles. The Labute approximate surface area is 91.7 Å². The molecule has 0 fully saturated rings. The van der Waals surface area contributed by atoms with Gasteiger partial charge in [-0.2, -0.15) is 0 Å². The van der Waals surface area contributed by atoms with E-state index in [1.54, 1.807) is 0 Å². The minimum Gasteiger partial charge on any atom is -0.344 e. The first kappa shape index (κ1) is 10.0. The van der Waals surface area contributed by atoms with E-state index < -0.39 is 0 Å². The van der Waals surface area contributed by atoms with Crippen molar-refractivity contribution in [3.63, 3.8) is 0 Å². The molecule has 0 atom stereocenters. The first-order valence-corrected chi connectivity index (χ1v) is 5.36. The molecule has 15 heavy (non-hydrogen) atoms. The molecule has 1 nitrogen and oxygen atoms in total. The number of allylic oxidation sites excluding steroid dienone is 2. The van der Waals surface area contributed by atoms with E-state index in [9.17, 15) is 0 Å². The molecule has 1 aliphatic rings. The molecule has 0 aromatic heterocycles. The Balaban J connectivity index is 2.43. The zero-order valence-electron chi connectivity index (χ0n) is 9.62. The monoisotopic (exact) mass is 199 g/mol. The van der Waals surface area contributed by atoms with Crippen LogP contribution in [0.15, 0.2) is 36.6 Å². The second-order valence-corrected chi connectivity index (χ2v) is 4.17. The highest BCUT2D eigenvalue weighted by molar-refractivity contribution is 5.63. The summed E-state index contributed by atoms with van der Waals surface area (Å²) in [4.78, 5) is 2.30. The van der Waals surface area contributed by atoms with Gasteiger partial charge < -0.3 is 4.90 Å². The van der Waals surface area contributed by atoms with Crippen LogP contribution in [-0.2, 0) is 0 Å². The van der Waals surface area contributed by atoms with Gasteiger partial charge in [0, 0.05) is 18.4 Å². The Bertz CT molecular complexity index is 404. The molecule has 0 saturated carbocycles. The summed E-state index contributed by atoms with van der Waals surface area (Å²) in [7, 11) is 0. The van der Waals surface area contributed by atoms with Crippen LogP contribution in [0.3, 0.4) is 0 Å². The summed E-state index contributed by atoms with van der Waals surface area (Å²) in [5, 5.41) is 0. The van der Waals surface area contributed by atoms with Crippen molar-refractivity contribution in [1.82, 2.24) is 0 Å². The van der Waals surface area contributed by atoms with E-state index in [4.69, 9.17) is 0 Å². The maximum atomic E-state index is 2.30. The van der Waals surface area contributed by atoms with Crippen molar-refractivity contribution in [2.45, 2.75) is 20.8 Å². The van der Waals surface area contributed by atoms with Gasteiger partial charge >= 0.3 is 0 Å². The van der Waals surface area contributed by atoms with Crippen LogP contribution in [0.25, 0.3) is 0 Å². The second-order valence-electron chi connectivity index (χ2n) is 4.17. The minimum atomic E-state index is 0.973. The summed E-state index contributed by atoms with van der Waals surface area (Å²) in [6.45, 7) is 7.49. The Hall–Kier alpha value is -1.50. The van der Waals surface area contributed by atoms with E-state index in [1.165, 1.54) is 22.4 Å². The maximum Gasteiger partial charge on any atom is 0.0468 e. The molecule has 1 heterocycles. The molecule has 0 unspecified atom stereocenters. The van der Waals surface area contributed by atoms with Crippen molar-refractivity contribution in [2.24, 2.45) is 0 Å². The van der Waals surface area contributed by atoms with Crippen LogP contribution >= 0.6 is 0 Å². The lowest BCUT2D eigenvalue weighted by molar-refractivity contribution is 1.05. The van der Waals surface area contributed by atoms with Gasteiger partial charge in [-0.15, -0.1) is 0 Å². The third-order valence-electron chi connectivity index (χ3n) is 2.74. The molecule has 1 aliphatic heterocycles. The Morgan fingerprint density at radius 1 is 1.00 bits per heavy atom. The van der Waals surface area contributed by atoms with Crippen LogP contribution in [0.4, 0.5) is 5.69 Å². The number of rotatable bonds is 1. The predicted octanol–water partition coefficient (Wildman–Crippen LogP) is 3.50. The first-order chi connectivity index (χ1) is 7.18. The zero-order valence-corrected chi connectivity index (χ0v) is 9.62. The number of hydrogen-bond donors (Lipinski definition) is 0. The largest absolute Gasteiger partial charge is 0.344 e. The molecule has 2 rings (SSSR count). The topological polar surface area (TPSA) is 3.24 Å². The van der Waals surface area contributed by atoms with Gasteiger partial charge in [0.1, 0.15) is 0 Å². The van der Waals surface area contributed by atoms with Gasteiger partial charge in [-0.1, -0.05) is 29.8 Å². The van der Waals surface area contributed by atoms with Crippen LogP contribution in [-0.4, -0.2) is 6.54 Å². The lowest BCUT2D eigenvalue weighted by Crippen LogP contribution is -2.19. The number of anilines is 1. The van der Waals surface area contributed by atoms with Crippen molar-refractivity contribution in [1.29, 1.82) is 0 Å². The summed E-state index contributed by atoms with van der Waals surface area (Å²) < 4.78 is 0. The summed E-state index contributed by atoms with van der Waals surface area (Å²) in [6, 6.07) is 4.49. The number of benzene rings is 1. The molecule has 0 saturated heterocycles. The van der Waals surface area contributed by atoms with E-state index in [1.807, 2.05) is 0 Å². The van der Waals surface area contributed by atoms with Crippen LogP contribution in [0.1, 0.15) is 16.7 Å². The second kappa shape index (κ2) is 3.93. The van der Waals surface area contributed by atoms with Crippen molar-refractivity contribution >= 4 is 5.69 Å². The van der Waals surface area contributed by atoms with Crippen LogP contribution < -0.4 is 4.90 Å². The van der Waals surface area contributed by atoms with Gasteiger partial charge in [0.25, 0.3) is 0 Å². The van der Waals surface area contributed by atoms with E-state index >= 15 is 0 Å². The Morgan fingerprint density at radius 2 is 1.67 bits per heavy atom. The van der Waals surface area contributed by atoms with E-state index in [-0.39, 0.29) is 0 Å². The van der Waals surface area contributed by atoms with Gasteiger partial charge in [-0.05, 0) is 38.0 Å². The molecule has 1 aromatic carbocycles. The van der Waals surface area contributed by atoms with E-state index in [0.29, 0.717) is 0 Å². The molecule has 1 heteroatoms. The van der Waals surface area contributed by atoms with Gasteiger partial charge in [0.15, 0.2) is 0 Å². The molecule has 0 radical (unpaired) electrons. The van der Waals surface area contributed by atoms with Crippen LogP contribution in [0, 0.1) is 20.8 Å². The first-order valence-electron chi connectivity index (χ1n) is 5.36. The van der Waals surface area contributed by atoms with Gasteiger partial charge in [0.05, 0.1) is 0 Å². The molecule has 78 valence electrons. The average Bonchev–Trinajstić information content (AvgIpc) is 2.17. The van der Waals surface area contributed by atoms with E-state index in [0.717, 1.165) is 6.54 Å². The molecule has 1 aromatic rings. The quantitative estimate of drug-likeness (QED) is 0.669. The smallest absolute Gasteiger partial charge is 0.0468 e. The molecule has 0 spiro atoms. The Morgan fingerprint density at radius 3 is 2.20 bits per heavy atom. The molecule has 0 amide bonds. The standard InChI is InChI=1S/C14H17N/c1-11-9-12(2)14(13(3)10-11)15-7-5-4-6-8-15/h4-7,9-10H,8H2,1-3H3. The van der Waals surface area contributed by atoms with Gasteiger partial charge in [-0.3, -0.25) is 0 Å². The summed E-state index contributed by atoms with van der Waals surface area (Å²) in [5.74, 6) is 0. The fraction of sp³-hybridized carbons (Fsp3) is 0.286. The number of nitrogens with zero attached hydrogens (tertiary/aromatic N) is 1. The third kappa shape index (κ3) is 1.96. The maximum absolute atomic E-state index is 2.30. The fourth-order valence-corrected chi connectivity index (χ4v) is 2.26. The summed E-state index contributed by atoms with van der Waals surface area (Å²) in [6.07, 6.45) is 8.50. The van der Waals surface area contributed by atoms with Crippen molar-refractivity contribution in [3.05, 3.63) is 53.3 Å². The molecular formula is C14H17N. The average molecular weight is 199 g/mol. The lowest BCUT2D eigenvalue weighted by Gasteiger charge is -2.25. The summed E-state index contributed by atoms with van der Waals surface area (Å²) >= 11 is 0. The lowest BCUT2D eigenvalue weighted by atomic mass is 10.0. The van der Waals surface area contributed by atoms with Crippen molar-refractivity contribution < 1.29 is 0 Å². The highest BCUT2D eigenvalue weighted by Gasteiger charge is 2.10. The van der Waals surface area contributed by atoms with Crippen molar-refractivity contribution in [2.75, 3.05) is 11.4 Å². The van der Waals surface area contributed by atoms with Crippen LogP contribution in [0.2, 0.25) is 0 Å². The summed E-state index contributed by atoms with van der Waals surface area (Å²) in [5.41, 5.74) is 5.39. The fourth-order valence-electron chi connectivity index (χ4n) is 2.26. The van der Waals surface area contributed by atoms with Crippen LogP contribution in [0.5, 0.6) is 0 Å². The third-order valence-corrected chi connectivity index (χ3v) is 2.74. The normalized spacial score (nSPS) is 14.7. The predicted molar refractivity (Wildman–Crippen MR) is 66.3 cm³/mol. The van der Waals surface area contributed by atoms with Crippen molar-refractivity contribution in [3.8, 4) is 0 Å². The highest BCUT2D eigenvalue weighted by atomic mass is 15.1. The minimum absolute atomic E-state index is 0.973. The van der Waals surface area contributed by atoms with Gasteiger partial charge in [0.2, 0.25) is 0 Å². The van der Waals surface area contributed by atoms with E-state index in [2.05, 4.69) is 62.2 Å². The molecule has 0 N–H and O–H groups in total. The highest BCUT2D eigenvalue weighted by Crippen LogP contribution is 2.27. The number of aryl methyl sites for hydroxylation is 3. The van der Waals surface area contributed by atoms with Gasteiger partial charge in [-0.25, -0.2) is 0 Å². The molecular weight excluding hydrogens is 182 g/mol. The molecule has 0 bridgehead atoms. The zero-order chi connectivity index (χ0) is 10.8. The Kier molecular flexibility index (Phi) is 2.63. The number of hydrogen-bond acceptors (Lipinski definition) is 1. The SMILES string of the molecule is Cc1cc(C)c(N2C=CC=CC2)c(C)c1.